The molecule has 2 aromatic carbocycles. The maximum absolute atomic E-state index is 13.2. The van der Waals surface area contributed by atoms with Crippen LogP contribution in [0.3, 0.4) is 0 Å². The quantitative estimate of drug-likeness (QED) is 0.604. The standard InChI is InChI=1S/C18H16F6O/c1-12(10-13-6-3-2-4-7-13)25-11-14-8-5-9-15(17(19,20)21)16(14)18(22,23)24/h2-9,12H,10-11H2,1H3. The lowest BCUT2D eigenvalue weighted by Gasteiger charge is -2.20. The van der Waals surface area contributed by atoms with Gasteiger partial charge in [-0.15, -0.1) is 0 Å². The molecular weight excluding hydrogens is 346 g/mol. The highest BCUT2D eigenvalue weighted by molar-refractivity contribution is 5.39. The Morgan fingerprint density at radius 3 is 2.04 bits per heavy atom. The van der Waals surface area contributed by atoms with Crippen LogP contribution in [0, 0.1) is 0 Å². The van der Waals surface area contributed by atoms with Crippen molar-refractivity contribution in [3.63, 3.8) is 0 Å². The van der Waals surface area contributed by atoms with Gasteiger partial charge in [-0.05, 0) is 30.5 Å². The second-order valence-electron chi connectivity index (χ2n) is 5.65. The lowest BCUT2D eigenvalue weighted by atomic mass is 10.00. The molecular formula is C18H16F6O. The molecule has 0 aliphatic carbocycles. The van der Waals surface area contributed by atoms with Crippen LogP contribution >= 0.6 is 0 Å². The van der Waals surface area contributed by atoms with Crippen LogP contribution in [-0.2, 0) is 30.1 Å². The van der Waals surface area contributed by atoms with Crippen LogP contribution in [0.4, 0.5) is 26.3 Å². The maximum Gasteiger partial charge on any atom is 0.417 e. The van der Waals surface area contributed by atoms with Crippen molar-refractivity contribution in [2.75, 3.05) is 0 Å². The SMILES string of the molecule is CC(Cc1ccccc1)OCc1cccc(C(F)(F)F)c1C(F)(F)F. The molecule has 0 saturated heterocycles. The molecule has 0 aliphatic rings. The summed E-state index contributed by atoms with van der Waals surface area (Å²) in [6.45, 7) is 1.11. The first-order valence-electron chi connectivity index (χ1n) is 7.51. The number of halogens is 6. The van der Waals surface area contributed by atoms with Crippen molar-refractivity contribution in [2.45, 2.75) is 38.4 Å². The minimum absolute atomic E-state index is 0.430. The third kappa shape index (κ3) is 5.22. The van der Waals surface area contributed by atoms with Crippen molar-refractivity contribution in [1.82, 2.24) is 0 Å². The molecule has 0 bridgehead atoms. The molecule has 2 rings (SSSR count). The van der Waals surface area contributed by atoms with Gasteiger partial charge in [0.25, 0.3) is 0 Å². The first-order chi connectivity index (χ1) is 11.6. The van der Waals surface area contributed by atoms with Gasteiger partial charge in [0, 0.05) is 0 Å². The van der Waals surface area contributed by atoms with Crippen LogP contribution < -0.4 is 0 Å². The minimum Gasteiger partial charge on any atom is -0.373 e. The average Bonchev–Trinajstić information content (AvgIpc) is 2.52. The fourth-order valence-electron chi connectivity index (χ4n) is 2.53. The normalized spacial score (nSPS) is 13.7. The van der Waals surface area contributed by atoms with Gasteiger partial charge in [-0.2, -0.15) is 26.3 Å². The molecule has 0 N–H and O–H groups in total. The first-order valence-corrected chi connectivity index (χ1v) is 7.51. The Labute approximate surface area is 141 Å². The summed E-state index contributed by atoms with van der Waals surface area (Å²) in [5.74, 6) is 0. The minimum atomic E-state index is -5.12. The molecule has 0 heterocycles. The van der Waals surface area contributed by atoms with E-state index in [-0.39, 0.29) is 0 Å². The fourth-order valence-corrected chi connectivity index (χ4v) is 2.53. The van der Waals surface area contributed by atoms with Gasteiger partial charge in [-0.25, -0.2) is 0 Å². The van der Waals surface area contributed by atoms with Crippen molar-refractivity contribution in [2.24, 2.45) is 0 Å². The lowest BCUT2D eigenvalue weighted by Crippen LogP contribution is -2.20. The summed E-state index contributed by atoms with van der Waals surface area (Å²) < 4.78 is 83.5. The number of alkyl halides is 6. The zero-order chi connectivity index (χ0) is 18.7. The lowest BCUT2D eigenvalue weighted by molar-refractivity contribution is -0.163. The Morgan fingerprint density at radius 2 is 1.48 bits per heavy atom. The van der Waals surface area contributed by atoms with Crippen LogP contribution in [0.2, 0.25) is 0 Å². The molecule has 7 heteroatoms. The second kappa shape index (κ2) is 7.47. The molecule has 25 heavy (non-hydrogen) atoms. The van der Waals surface area contributed by atoms with Crippen molar-refractivity contribution < 1.29 is 31.1 Å². The van der Waals surface area contributed by atoms with Gasteiger partial charge in [-0.1, -0.05) is 42.5 Å². The molecule has 1 atom stereocenters. The van der Waals surface area contributed by atoms with E-state index in [4.69, 9.17) is 4.74 Å². The molecule has 136 valence electrons. The summed E-state index contributed by atoms with van der Waals surface area (Å²) >= 11 is 0. The van der Waals surface area contributed by atoms with Gasteiger partial charge < -0.3 is 4.74 Å². The number of rotatable bonds is 5. The average molecular weight is 362 g/mol. The Bertz CT molecular complexity index is 691. The van der Waals surface area contributed by atoms with E-state index in [0.29, 0.717) is 12.5 Å². The number of ether oxygens (including phenoxy) is 1. The maximum atomic E-state index is 13.2. The Kier molecular flexibility index (Phi) is 5.77. The molecule has 0 saturated carbocycles. The van der Waals surface area contributed by atoms with Crippen molar-refractivity contribution in [3.8, 4) is 0 Å². The highest BCUT2D eigenvalue weighted by atomic mass is 19.4. The molecule has 0 amide bonds. The van der Waals surface area contributed by atoms with Gasteiger partial charge in [0.1, 0.15) is 0 Å². The molecule has 1 unspecified atom stereocenters. The zero-order valence-electron chi connectivity index (χ0n) is 13.3. The van der Waals surface area contributed by atoms with E-state index in [1.807, 2.05) is 30.3 Å². The first kappa shape index (κ1) is 19.3. The molecule has 1 nitrogen and oxygen atoms in total. The summed E-state index contributed by atoms with van der Waals surface area (Å²) in [4.78, 5) is 0. The molecule has 0 aliphatic heterocycles. The van der Waals surface area contributed by atoms with Crippen molar-refractivity contribution in [1.29, 1.82) is 0 Å². The molecule has 0 spiro atoms. The largest absolute Gasteiger partial charge is 0.417 e. The molecule has 0 fully saturated rings. The van der Waals surface area contributed by atoms with Gasteiger partial charge in [0.15, 0.2) is 0 Å². The summed E-state index contributed by atoms with van der Waals surface area (Å²) in [5, 5.41) is 0. The van der Waals surface area contributed by atoms with E-state index in [0.717, 1.165) is 17.7 Å². The predicted octanol–water partition coefficient (Wildman–Crippen LogP) is 5.87. The van der Waals surface area contributed by atoms with Gasteiger partial charge in [0.2, 0.25) is 0 Å². The highest BCUT2D eigenvalue weighted by Crippen LogP contribution is 2.42. The van der Waals surface area contributed by atoms with E-state index in [1.165, 1.54) is 0 Å². The Hall–Kier alpha value is -2.02. The van der Waals surface area contributed by atoms with E-state index in [9.17, 15) is 26.3 Å². The Balaban J connectivity index is 2.19. The van der Waals surface area contributed by atoms with Gasteiger partial charge in [-0.3, -0.25) is 0 Å². The van der Waals surface area contributed by atoms with Crippen LogP contribution in [0.5, 0.6) is 0 Å². The van der Waals surface area contributed by atoms with E-state index in [1.54, 1.807) is 6.92 Å². The van der Waals surface area contributed by atoms with E-state index >= 15 is 0 Å². The fraction of sp³-hybridized carbons (Fsp3) is 0.333. The summed E-state index contributed by atoms with van der Waals surface area (Å²) in [6.07, 6.45) is -10.2. The summed E-state index contributed by atoms with van der Waals surface area (Å²) in [6, 6.07) is 11.5. The van der Waals surface area contributed by atoms with Crippen molar-refractivity contribution in [3.05, 3.63) is 70.8 Å². The van der Waals surface area contributed by atoms with E-state index < -0.39 is 41.8 Å². The number of hydrogen-bond donors (Lipinski definition) is 0. The third-order valence-corrected chi connectivity index (χ3v) is 3.63. The van der Waals surface area contributed by atoms with Gasteiger partial charge in [0.05, 0.1) is 23.8 Å². The second-order valence-corrected chi connectivity index (χ2v) is 5.65. The van der Waals surface area contributed by atoms with Crippen molar-refractivity contribution >= 4 is 0 Å². The summed E-state index contributed by atoms with van der Waals surface area (Å²) in [5.41, 5.74) is -2.98. The van der Waals surface area contributed by atoms with Crippen LogP contribution in [0.25, 0.3) is 0 Å². The number of benzene rings is 2. The topological polar surface area (TPSA) is 9.23 Å². The number of hydrogen-bond acceptors (Lipinski definition) is 1. The van der Waals surface area contributed by atoms with E-state index in [2.05, 4.69) is 0 Å². The molecule has 0 radical (unpaired) electrons. The van der Waals surface area contributed by atoms with Gasteiger partial charge >= 0.3 is 12.4 Å². The Morgan fingerprint density at radius 1 is 0.840 bits per heavy atom. The molecule has 2 aromatic rings. The van der Waals surface area contributed by atoms with Crippen LogP contribution in [-0.4, -0.2) is 6.10 Å². The highest BCUT2D eigenvalue weighted by Gasteiger charge is 2.44. The van der Waals surface area contributed by atoms with Crippen LogP contribution in [0.1, 0.15) is 29.2 Å². The third-order valence-electron chi connectivity index (χ3n) is 3.63. The zero-order valence-corrected chi connectivity index (χ0v) is 13.3. The van der Waals surface area contributed by atoms with Crippen LogP contribution in [0.15, 0.2) is 48.5 Å². The predicted molar refractivity (Wildman–Crippen MR) is 80.8 cm³/mol. The monoisotopic (exact) mass is 362 g/mol. The summed E-state index contributed by atoms with van der Waals surface area (Å²) in [7, 11) is 0. The smallest absolute Gasteiger partial charge is 0.373 e. The molecule has 0 aromatic heterocycles.